The van der Waals surface area contributed by atoms with E-state index in [-0.39, 0.29) is 11.4 Å². The highest BCUT2D eigenvalue weighted by Crippen LogP contribution is 2.23. The molecule has 3 aromatic carbocycles. The molecule has 9 nitrogen and oxygen atoms in total. The molecule has 0 fully saturated rings. The second-order valence-corrected chi connectivity index (χ2v) is 8.07. The number of nitro groups is 1. The number of nitro benzene ring substituents is 1. The summed E-state index contributed by atoms with van der Waals surface area (Å²) in [6, 6.07) is 24.4. The molecule has 0 radical (unpaired) electrons. The third-order valence-corrected chi connectivity index (χ3v) is 5.31. The highest BCUT2D eigenvalue weighted by Gasteiger charge is 2.15. The van der Waals surface area contributed by atoms with Crippen molar-refractivity contribution < 1.29 is 18.9 Å². The number of hydrogen-bond donors (Lipinski definition) is 2. The molecule has 0 saturated carbocycles. The van der Waals surface area contributed by atoms with Crippen LogP contribution in [0.5, 0.6) is 0 Å². The Morgan fingerprint density at radius 1 is 0.919 bits per heavy atom. The maximum atomic E-state index is 12.9. The molecule has 0 aliphatic rings. The van der Waals surface area contributed by atoms with E-state index >= 15 is 0 Å². The van der Waals surface area contributed by atoms with Crippen LogP contribution in [-0.2, 0) is 4.79 Å². The first-order chi connectivity index (χ1) is 17.9. The van der Waals surface area contributed by atoms with Gasteiger partial charge in [-0.1, -0.05) is 29.8 Å². The van der Waals surface area contributed by atoms with Gasteiger partial charge in [-0.15, -0.1) is 0 Å². The summed E-state index contributed by atoms with van der Waals surface area (Å²) in [5.74, 6) is -0.229. The first kappa shape index (κ1) is 25.1. The Hall–Kier alpha value is -5.02. The summed E-state index contributed by atoms with van der Waals surface area (Å²) in [7, 11) is 0. The summed E-state index contributed by atoms with van der Waals surface area (Å²) in [4.78, 5) is 35.9. The molecule has 2 N–H and O–H groups in total. The van der Waals surface area contributed by atoms with Gasteiger partial charge >= 0.3 is 0 Å². The fraction of sp³-hybridized carbons (Fsp3) is 0. The Balaban J connectivity index is 1.50. The molecule has 1 aromatic heterocycles. The lowest BCUT2D eigenvalue weighted by molar-refractivity contribution is -0.384. The number of nitrogens with zero attached hydrogens (tertiary/aromatic N) is 2. The maximum Gasteiger partial charge on any atom is 0.287 e. The number of rotatable bonds is 8. The number of hydrazone groups is 1. The van der Waals surface area contributed by atoms with E-state index < -0.39 is 16.7 Å². The van der Waals surface area contributed by atoms with Crippen LogP contribution in [0.15, 0.2) is 106 Å². The zero-order valence-electron chi connectivity index (χ0n) is 19.1. The van der Waals surface area contributed by atoms with Crippen LogP contribution < -0.4 is 10.7 Å². The lowest BCUT2D eigenvalue weighted by atomic mass is 10.1. The molecule has 0 aliphatic heterocycles. The molecule has 0 spiro atoms. The molecular weight excluding hydrogens is 496 g/mol. The lowest BCUT2D eigenvalue weighted by Gasteiger charge is -2.09. The topological polar surface area (TPSA) is 127 Å². The number of halogens is 1. The van der Waals surface area contributed by atoms with Crippen LogP contribution in [0.3, 0.4) is 0 Å². The Labute approximate surface area is 216 Å². The first-order valence-corrected chi connectivity index (χ1v) is 11.3. The van der Waals surface area contributed by atoms with Crippen LogP contribution >= 0.6 is 11.6 Å². The minimum absolute atomic E-state index is 0.0995. The summed E-state index contributed by atoms with van der Waals surface area (Å²) in [5, 5.41) is 18.0. The van der Waals surface area contributed by atoms with Crippen LogP contribution in [-0.4, -0.2) is 23.0 Å². The van der Waals surface area contributed by atoms with Crippen molar-refractivity contribution in [2.75, 3.05) is 0 Å². The lowest BCUT2D eigenvalue weighted by Crippen LogP contribution is -2.32. The van der Waals surface area contributed by atoms with E-state index in [1.807, 2.05) is 12.1 Å². The SMILES string of the molecule is O=C(N/N=C\c1ccc(-c2ccc(Cl)cc2)o1)/C(=C/c1ccc([N+](=O)[O-])cc1)NC(=O)c1ccccc1. The zero-order valence-corrected chi connectivity index (χ0v) is 19.9. The van der Waals surface area contributed by atoms with Gasteiger partial charge in [-0.05, 0) is 72.3 Å². The molecule has 184 valence electrons. The maximum absolute atomic E-state index is 12.9. The zero-order chi connectivity index (χ0) is 26.2. The van der Waals surface area contributed by atoms with E-state index in [0.717, 1.165) is 5.56 Å². The molecule has 0 saturated heterocycles. The van der Waals surface area contributed by atoms with Crippen LogP contribution in [0, 0.1) is 10.1 Å². The van der Waals surface area contributed by atoms with E-state index in [1.165, 1.54) is 36.6 Å². The van der Waals surface area contributed by atoms with Gasteiger partial charge in [0, 0.05) is 28.3 Å². The predicted molar refractivity (Wildman–Crippen MR) is 140 cm³/mol. The number of non-ortho nitro benzene ring substituents is 1. The summed E-state index contributed by atoms with van der Waals surface area (Å²) in [6.07, 6.45) is 2.71. The van der Waals surface area contributed by atoms with Crippen molar-refractivity contribution >= 4 is 41.4 Å². The molecule has 37 heavy (non-hydrogen) atoms. The van der Waals surface area contributed by atoms with Gasteiger partial charge in [-0.25, -0.2) is 5.43 Å². The highest BCUT2D eigenvalue weighted by atomic mass is 35.5. The summed E-state index contributed by atoms with van der Waals surface area (Å²) in [5.41, 5.74) is 3.78. The van der Waals surface area contributed by atoms with Crippen molar-refractivity contribution in [3.05, 3.63) is 129 Å². The Bertz CT molecular complexity index is 1480. The smallest absolute Gasteiger partial charge is 0.287 e. The summed E-state index contributed by atoms with van der Waals surface area (Å²) in [6.45, 7) is 0. The minimum atomic E-state index is -0.705. The van der Waals surface area contributed by atoms with E-state index in [1.54, 1.807) is 54.6 Å². The summed E-state index contributed by atoms with van der Waals surface area (Å²) < 4.78 is 5.72. The molecule has 0 atom stereocenters. The third-order valence-electron chi connectivity index (χ3n) is 5.06. The Kier molecular flexibility index (Phi) is 7.87. The largest absolute Gasteiger partial charge is 0.455 e. The van der Waals surface area contributed by atoms with Crippen LogP contribution in [0.25, 0.3) is 17.4 Å². The standard InChI is InChI=1S/C27H19ClN4O5/c28-21-10-8-19(9-11-21)25-15-14-23(37-25)17-29-31-27(34)24(30-26(33)20-4-2-1-3-5-20)16-18-6-12-22(13-7-18)32(35)36/h1-17H,(H,30,33)(H,31,34)/b24-16-,29-17-. The van der Waals surface area contributed by atoms with Gasteiger partial charge in [0.05, 0.1) is 11.1 Å². The van der Waals surface area contributed by atoms with Crippen molar-refractivity contribution in [3.63, 3.8) is 0 Å². The highest BCUT2D eigenvalue weighted by molar-refractivity contribution is 6.30. The number of carbonyl (C=O) groups excluding carboxylic acids is 2. The van der Waals surface area contributed by atoms with Gasteiger partial charge in [-0.2, -0.15) is 5.10 Å². The van der Waals surface area contributed by atoms with Gasteiger partial charge in [0.2, 0.25) is 0 Å². The molecule has 0 unspecified atom stereocenters. The predicted octanol–water partition coefficient (Wildman–Crippen LogP) is 5.43. The number of benzene rings is 3. The molecule has 0 aliphatic carbocycles. The molecule has 2 amide bonds. The fourth-order valence-corrected chi connectivity index (χ4v) is 3.33. The molecule has 10 heteroatoms. The van der Waals surface area contributed by atoms with Crippen LogP contribution in [0.1, 0.15) is 21.7 Å². The Morgan fingerprint density at radius 2 is 1.62 bits per heavy atom. The summed E-state index contributed by atoms with van der Waals surface area (Å²) >= 11 is 5.92. The van der Waals surface area contributed by atoms with Gasteiger partial charge in [0.1, 0.15) is 17.2 Å². The van der Waals surface area contributed by atoms with Crippen molar-refractivity contribution in [3.8, 4) is 11.3 Å². The van der Waals surface area contributed by atoms with Crippen molar-refractivity contribution in [1.82, 2.24) is 10.7 Å². The monoisotopic (exact) mass is 514 g/mol. The van der Waals surface area contributed by atoms with Crippen molar-refractivity contribution in [1.29, 1.82) is 0 Å². The van der Waals surface area contributed by atoms with Crippen LogP contribution in [0.4, 0.5) is 5.69 Å². The molecule has 1 heterocycles. The number of amides is 2. The second kappa shape index (κ2) is 11.6. The number of nitrogens with one attached hydrogen (secondary N) is 2. The number of furan rings is 1. The van der Waals surface area contributed by atoms with Crippen LogP contribution in [0.2, 0.25) is 5.02 Å². The van der Waals surface area contributed by atoms with E-state index in [0.29, 0.717) is 27.7 Å². The normalized spacial score (nSPS) is 11.3. The number of carbonyl (C=O) groups is 2. The minimum Gasteiger partial charge on any atom is -0.455 e. The van der Waals surface area contributed by atoms with Gasteiger partial charge < -0.3 is 9.73 Å². The Morgan fingerprint density at radius 3 is 2.30 bits per heavy atom. The quantitative estimate of drug-likeness (QED) is 0.140. The molecule has 4 aromatic rings. The fourth-order valence-electron chi connectivity index (χ4n) is 3.21. The average Bonchev–Trinajstić information content (AvgIpc) is 3.38. The van der Waals surface area contributed by atoms with E-state index in [2.05, 4.69) is 15.8 Å². The average molecular weight is 515 g/mol. The second-order valence-electron chi connectivity index (χ2n) is 7.63. The van der Waals surface area contributed by atoms with Gasteiger partial charge in [0.15, 0.2) is 0 Å². The van der Waals surface area contributed by atoms with Crippen molar-refractivity contribution in [2.45, 2.75) is 0 Å². The van der Waals surface area contributed by atoms with Crippen molar-refractivity contribution in [2.24, 2.45) is 5.10 Å². The molecular formula is C27H19ClN4O5. The number of hydrogen-bond acceptors (Lipinski definition) is 6. The van der Waals surface area contributed by atoms with Gasteiger partial charge in [0.25, 0.3) is 17.5 Å². The van der Waals surface area contributed by atoms with Gasteiger partial charge in [-0.3, -0.25) is 19.7 Å². The third kappa shape index (κ3) is 6.77. The molecule has 0 bridgehead atoms. The molecule has 4 rings (SSSR count). The van der Waals surface area contributed by atoms with E-state index in [9.17, 15) is 19.7 Å². The van der Waals surface area contributed by atoms with E-state index in [4.69, 9.17) is 16.0 Å². The first-order valence-electron chi connectivity index (χ1n) is 10.9.